The number of anilines is 1. The van der Waals surface area contributed by atoms with Crippen molar-refractivity contribution in [2.24, 2.45) is 0 Å². The molecule has 5 heteroatoms. The minimum Gasteiger partial charge on any atom is -0.487 e. The van der Waals surface area contributed by atoms with Crippen molar-refractivity contribution in [1.29, 1.82) is 0 Å². The number of carbonyl (C=O) groups excluding carboxylic acids is 2. The lowest BCUT2D eigenvalue weighted by molar-refractivity contribution is -0.113. The number of fused-ring (bicyclic) bond motifs is 1. The molecular formula is C22H24N2O3. The molecule has 0 unspecified atom stereocenters. The van der Waals surface area contributed by atoms with Crippen molar-refractivity contribution in [2.75, 3.05) is 11.9 Å². The highest BCUT2D eigenvalue weighted by Crippen LogP contribution is 2.37. The molecule has 3 rings (SSSR count). The van der Waals surface area contributed by atoms with Crippen LogP contribution in [0, 0.1) is 0 Å². The summed E-state index contributed by atoms with van der Waals surface area (Å²) >= 11 is 0. The maximum atomic E-state index is 12.5. The van der Waals surface area contributed by atoms with Crippen molar-refractivity contribution in [3.05, 3.63) is 71.8 Å². The number of amides is 2. The lowest BCUT2D eigenvalue weighted by Crippen LogP contribution is -2.26. The van der Waals surface area contributed by atoms with E-state index in [0.29, 0.717) is 17.8 Å². The number of nitrogens with zero attached hydrogens (tertiary/aromatic N) is 1. The fraction of sp³-hybridized carbons (Fsp3) is 0.273. The quantitative estimate of drug-likeness (QED) is 0.827. The van der Waals surface area contributed by atoms with Crippen molar-refractivity contribution in [2.45, 2.75) is 32.4 Å². The van der Waals surface area contributed by atoms with Gasteiger partial charge in [0, 0.05) is 36.8 Å². The second-order valence-electron chi connectivity index (χ2n) is 7.27. The normalized spacial score (nSPS) is 14.0. The van der Waals surface area contributed by atoms with E-state index in [0.717, 1.165) is 17.7 Å². The number of hydrogen-bond acceptors (Lipinski definition) is 3. The van der Waals surface area contributed by atoms with Crippen LogP contribution in [-0.4, -0.2) is 24.5 Å². The molecule has 5 nitrogen and oxygen atoms in total. The highest BCUT2D eigenvalue weighted by molar-refractivity contribution is 6.01. The Bertz CT molecular complexity index is 885. The van der Waals surface area contributed by atoms with Gasteiger partial charge in [0.05, 0.1) is 0 Å². The third kappa shape index (κ3) is 4.03. The second-order valence-corrected chi connectivity index (χ2v) is 7.27. The molecule has 0 radical (unpaired) electrons. The molecular weight excluding hydrogens is 340 g/mol. The predicted molar refractivity (Wildman–Crippen MR) is 106 cm³/mol. The highest BCUT2D eigenvalue weighted by atomic mass is 16.5. The van der Waals surface area contributed by atoms with Crippen LogP contribution in [0.1, 0.15) is 35.3 Å². The zero-order valence-electron chi connectivity index (χ0n) is 15.9. The summed E-state index contributed by atoms with van der Waals surface area (Å²) < 4.78 is 6.04. The van der Waals surface area contributed by atoms with Gasteiger partial charge in [-0.2, -0.15) is 0 Å². The molecule has 0 saturated heterocycles. The summed E-state index contributed by atoms with van der Waals surface area (Å²) in [4.78, 5) is 25.6. The van der Waals surface area contributed by atoms with E-state index in [1.165, 1.54) is 16.5 Å². The number of benzene rings is 2. The van der Waals surface area contributed by atoms with E-state index >= 15 is 0 Å². The lowest BCUT2D eigenvalue weighted by Gasteiger charge is -2.18. The van der Waals surface area contributed by atoms with Gasteiger partial charge in [0.1, 0.15) is 11.4 Å². The van der Waals surface area contributed by atoms with Crippen LogP contribution < -0.4 is 15.0 Å². The number of likely N-dealkylation sites (N-methyl/N-ethyl adjacent to an activating group) is 1. The lowest BCUT2D eigenvalue weighted by atomic mass is 10.0. The van der Waals surface area contributed by atoms with Gasteiger partial charge in [0.2, 0.25) is 5.91 Å². The molecule has 2 aromatic rings. The van der Waals surface area contributed by atoms with Gasteiger partial charge in [-0.1, -0.05) is 24.8 Å². The molecule has 2 aromatic carbocycles. The predicted octanol–water partition coefficient (Wildman–Crippen LogP) is 3.48. The molecule has 1 aliphatic rings. The van der Waals surface area contributed by atoms with E-state index in [-0.39, 0.29) is 17.4 Å². The average molecular weight is 364 g/mol. The molecule has 0 aromatic heterocycles. The average Bonchev–Trinajstić information content (AvgIpc) is 2.99. The first-order chi connectivity index (χ1) is 12.8. The standard InChI is InChI=1S/C22H24N2O3/c1-5-19(25)24(4)18-11-9-15(10-12-18)21(26)23-14-17-8-6-7-16-13-22(2,3)27-20(16)17/h5-12H,1,13-14H2,2-4H3,(H,23,26). The number of ether oxygens (including phenoxy) is 1. The summed E-state index contributed by atoms with van der Waals surface area (Å²) in [6, 6.07) is 12.9. The molecule has 0 aliphatic carbocycles. The summed E-state index contributed by atoms with van der Waals surface area (Å²) in [5, 5.41) is 2.94. The van der Waals surface area contributed by atoms with Crippen molar-refractivity contribution in [3.8, 4) is 5.75 Å². The Morgan fingerprint density at radius 1 is 1.22 bits per heavy atom. The zero-order valence-corrected chi connectivity index (χ0v) is 15.9. The van der Waals surface area contributed by atoms with Crippen molar-refractivity contribution >= 4 is 17.5 Å². The van der Waals surface area contributed by atoms with Crippen molar-refractivity contribution < 1.29 is 14.3 Å². The number of para-hydroxylation sites is 1. The van der Waals surface area contributed by atoms with Gasteiger partial charge in [-0.25, -0.2) is 0 Å². The van der Waals surface area contributed by atoms with E-state index in [9.17, 15) is 9.59 Å². The molecule has 0 spiro atoms. The third-order valence-corrected chi connectivity index (χ3v) is 4.63. The Morgan fingerprint density at radius 2 is 1.93 bits per heavy atom. The van der Waals surface area contributed by atoms with Gasteiger partial charge in [-0.3, -0.25) is 9.59 Å². The Morgan fingerprint density at radius 3 is 2.59 bits per heavy atom. The van der Waals surface area contributed by atoms with Crippen LogP contribution in [0.15, 0.2) is 55.1 Å². The van der Waals surface area contributed by atoms with Crippen molar-refractivity contribution in [3.63, 3.8) is 0 Å². The molecule has 2 amide bonds. The summed E-state index contributed by atoms with van der Waals surface area (Å²) in [7, 11) is 1.66. The first kappa shape index (κ1) is 18.7. The van der Waals surface area contributed by atoms with Crippen LogP contribution in [0.2, 0.25) is 0 Å². The Balaban J connectivity index is 1.67. The van der Waals surface area contributed by atoms with Crippen LogP contribution in [-0.2, 0) is 17.8 Å². The van der Waals surface area contributed by atoms with Gasteiger partial charge in [0.25, 0.3) is 5.91 Å². The van der Waals surface area contributed by atoms with Crippen molar-refractivity contribution in [1.82, 2.24) is 5.32 Å². The maximum absolute atomic E-state index is 12.5. The first-order valence-electron chi connectivity index (χ1n) is 8.89. The first-order valence-corrected chi connectivity index (χ1v) is 8.89. The van der Waals surface area contributed by atoms with Crippen LogP contribution >= 0.6 is 0 Å². The molecule has 140 valence electrons. The summed E-state index contributed by atoms with van der Waals surface area (Å²) in [5.74, 6) is 0.505. The maximum Gasteiger partial charge on any atom is 0.251 e. The van der Waals surface area contributed by atoms with E-state index in [1.807, 2.05) is 12.1 Å². The number of rotatable bonds is 5. The number of hydrogen-bond donors (Lipinski definition) is 1. The number of carbonyl (C=O) groups is 2. The molecule has 27 heavy (non-hydrogen) atoms. The topological polar surface area (TPSA) is 58.6 Å². The van der Waals surface area contributed by atoms with Crippen LogP contribution in [0.3, 0.4) is 0 Å². The molecule has 0 saturated carbocycles. The van der Waals surface area contributed by atoms with Crippen LogP contribution in [0.25, 0.3) is 0 Å². The summed E-state index contributed by atoms with van der Waals surface area (Å²) in [5.41, 5.74) is 3.16. The second kappa shape index (κ2) is 7.27. The highest BCUT2D eigenvalue weighted by Gasteiger charge is 2.31. The van der Waals surface area contributed by atoms with Crippen LogP contribution in [0.4, 0.5) is 5.69 Å². The van der Waals surface area contributed by atoms with Gasteiger partial charge in [-0.05, 0) is 49.8 Å². The fourth-order valence-electron chi connectivity index (χ4n) is 3.20. The van der Waals surface area contributed by atoms with Gasteiger partial charge in [0.15, 0.2) is 0 Å². The Hall–Kier alpha value is -3.08. The molecule has 1 heterocycles. The van der Waals surface area contributed by atoms with Crippen LogP contribution in [0.5, 0.6) is 5.75 Å². The van der Waals surface area contributed by atoms with Gasteiger partial charge < -0.3 is 15.0 Å². The molecule has 0 atom stereocenters. The van der Waals surface area contributed by atoms with Gasteiger partial charge >= 0.3 is 0 Å². The third-order valence-electron chi connectivity index (χ3n) is 4.63. The van der Waals surface area contributed by atoms with E-state index in [4.69, 9.17) is 4.74 Å². The molecule has 0 bridgehead atoms. The Labute approximate surface area is 159 Å². The molecule has 1 aliphatic heterocycles. The molecule has 0 fully saturated rings. The zero-order chi connectivity index (χ0) is 19.6. The fourth-order valence-corrected chi connectivity index (χ4v) is 3.20. The van der Waals surface area contributed by atoms with Gasteiger partial charge in [-0.15, -0.1) is 0 Å². The summed E-state index contributed by atoms with van der Waals surface area (Å²) in [6.45, 7) is 7.99. The molecule has 1 N–H and O–H groups in total. The summed E-state index contributed by atoms with van der Waals surface area (Å²) in [6.07, 6.45) is 2.12. The number of nitrogens with one attached hydrogen (secondary N) is 1. The minimum absolute atomic E-state index is 0.172. The van der Waals surface area contributed by atoms with E-state index in [2.05, 4.69) is 31.8 Å². The minimum atomic E-state index is -0.215. The SMILES string of the molecule is C=CC(=O)N(C)c1ccc(C(=O)NCc2cccc3c2OC(C)(C)C3)cc1. The largest absolute Gasteiger partial charge is 0.487 e. The monoisotopic (exact) mass is 364 g/mol. The Kier molecular flexibility index (Phi) is 5.04. The smallest absolute Gasteiger partial charge is 0.251 e. The van der Waals surface area contributed by atoms with E-state index < -0.39 is 0 Å². The van der Waals surface area contributed by atoms with E-state index in [1.54, 1.807) is 31.3 Å².